The van der Waals surface area contributed by atoms with Crippen LogP contribution in [0.4, 0.5) is 0 Å². The SMILES string of the molecule is CCCCC/C=C/C/C=C/C/C=C/C/C=C\CCCCOC(C)=O. The van der Waals surface area contributed by atoms with Gasteiger partial charge in [0.15, 0.2) is 0 Å². The number of carbonyl (C=O) groups is 1. The zero-order chi connectivity index (χ0) is 17.7. The summed E-state index contributed by atoms with van der Waals surface area (Å²) in [6.07, 6.45) is 29.2. The molecular weight excluding hydrogens is 296 g/mol. The summed E-state index contributed by atoms with van der Waals surface area (Å²) >= 11 is 0. The third kappa shape index (κ3) is 20.4. The molecule has 0 spiro atoms. The minimum atomic E-state index is -0.187. The molecule has 0 heterocycles. The lowest BCUT2D eigenvalue weighted by Gasteiger charge is -1.99. The highest BCUT2D eigenvalue weighted by molar-refractivity contribution is 5.65. The minimum absolute atomic E-state index is 0.187. The summed E-state index contributed by atoms with van der Waals surface area (Å²) in [7, 11) is 0. The Morgan fingerprint density at radius 2 is 1.17 bits per heavy atom. The van der Waals surface area contributed by atoms with Crippen LogP contribution in [-0.2, 0) is 9.53 Å². The Bertz CT molecular complexity index is 389. The van der Waals surface area contributed by atoms with Crippen molar-refractivity contribution in [2.24, 2.45) is 0 Å². The van der Waals surface area contributed by atoms with Gasteiger partial charge in [0.1, 0.15) is 0 Å². The van der Waals surface area contributed by atoms with Crippen molar-refractivity contribution in [3.8, 4) is 0 Å². The first kappa shape index (κ1) is 22.4. The standard InChI is InChI=1S/C22H36O2/c1-3-4-5-6-7-8-9-10-11-12-13-14-15-16-17-18-19-20-21-24-22(2)23/h7-8,10-11,13-14,16-17H,3-6,9,12,15,18-21H2,1-2H3/b8-7+,11-10+,14-13+,17-16-. The van der Waals surface area contributed by atoms with Crippen molar-refractivity contribution in [1.82, 2.24) is 0 Å². The van der Waals surface area contributed by atoms with Gasteiger partial charge in [0.05, 0.1) is 6.61 Å². The molecule has 24 heavy (non-hydrogen) atoms. The van der Waals surface area contributed by atoms with E-state index in [0.29, 0.717) is 6.61 Å². The van der Waals surface area contributed by atoms with Gasteiger partial charge in [0.25, 0.3) is 0 Å². The number of hydrogen-bond donors (Lipinski definition) is 0. The average molecular weight is 333 g/mol. The van der Waals surface area contributed by atoms with E-state index in [1.165, 1.54) is 32.6 Å². The third-order valence-electron chi connectivity index (χ3n) is 3.53. The molecule has 0 aliphatic heterocycles. The van der Waals surface area contributed by atoms with Crippen LogP contribution >= 0.6 is 0 Å². The molecule has 0 fully saturated rings. The summed E-state index contributed by atoms with van der Waals surface area (Å²) in [6, 6.07) is 0. The monoisotopic (exact) mass is 332 g/mol. The van der Waals surface area contributed by atoms with Crippen molar-refractivity contribution >= 4 is 5.97 Å². The second-order valence-electron chi connectivity index (χ2n) is 5.92. The molecule has 0 radical (unpaired) electrons. The Kier molecular flexibility index (Phi) is 18.2. The molecule has 0 N–H and O–H groups in total. The predicted molar refractivity (Wildman–Crippen MR) is 105 cm³/mol. The molecule has 0 aromatic rings. The van der Waals surface area contributed by atoms with E-state index in [9.17, 15) is 4.79 Å². The minimum Gasteiger partial charge on any atom is -0.466 e. The molecule has 0 amide bonds. The first-order valence-electron chi connectivity index (χ1n) is 9.50. The topological polar surface area (TPSA) is 26.3 Å². The van der Waals surface area contributed by atoms with Gasteiger partial charge in [-0.3, -0.25) is 4.79 Å². The highest BCUT2D eigenvalue weighted by atomic mass is 16.5. The van der Waals surface area contributed by atoms with E-state index >= 15 is 0 Å². The van der Waals surface area contributed by atoms with Gasteiger partial charge in [-0.1, -0.05) is 68.4 Å². The van der Waals surface area contributed by atoms with E-state index in [4.69, 9.17) is 4.74 Å². The van der Waals surface area contributed by atoms with Crippen LogP contribution in [0.5, 0.6) is 0 Å². The zero-order valence-corrected chi connectivity index (χ0v) is 15.7. The van der Waals surface area contributed by atoms with Crippen LogP contribution in [0.25, 0.3) is 0 Å². The van der Waals surface area contributed by atoms with Crippen LogP contribution < -0.4 is 0 Å². The highest BCUT2D eigenvalue weighted by Gasteiger charge is 1.91. The number of ether oxygens (including phenoxy) is 1. The lowest BCUT2D eigenvalue weighted by Crippen LogP contribution is -1.99. The second kappa shape index (κ2) is 19.5. The molecule has 0 aromatic heterocycles. The molecule has 0 rings (SSSR count). The fourth-order valence-electron chi connectivity index (χ4n) is 2.14. The Labute approximate surface area is 149 Å². The molecule has 0 unspecified atom stereocenters. The van der Waals surface area contributed by atoms with Crippen molar-refractivity contribution in [2.45, 2.75) is 78.1 Å². The molecule has 136 valence electrons. The smallest absolute Gasteiger partial charge is 0.302 e. The van der Waals surface area contributed by atoms with E-state index in [0.717, 1.165) is 38.5 Å². The van der Waals surface area contributed by atoms with Crippen LogP contribution in [-0.4, -0.2) is 12.6 Å². The summed E-state index contributed by atoms with van der Waals surface area (Å²) in [5.74, 6) is -0.187. The van der Waals surface area contributed by atoms with Crippen molar-refractivity contribution < 1.29 is 9.53 Å². The predicted octanol–water partition coefficient (Wildman–Crippen LogP) is 6.70. The van der Waals surface area contributed by atoms with E-state index in [-0.39, 0.29) is 5.97 Å². The largest absolute Gasteiger partial charge is 0.466 e. The summed E-state index contributed by atoms with van der Waals surface area (Å²) in [5, 5.41) is 0. The molecule has 0 aliphatic rings. The summed E-state index contributed by atoms with van der Waals surface area (Å²) < 4.78 is 4.89. The van der Waals surface area contributed by atoms with Gasteiger partial charge in [-0.05, 0) is 51.4 Å². The van der Waals surface area contributed by atoms with Crippen LogP contribution in [0.2, 0.25) is 0 Å². The molecule has 0 bridgehead atoms. The van der Waals surface area contributed by atoms with E-state index in [2.05, 4.69) is 55.5 Å². The van der Waals surface area contributed by atoms with Crippen LogP contribution in [0.1, 0.15) is 78.1 Å². The Morgan fingerprint density at radius 1 is 0.708 bits per heavy atom. The maximum atomic E-state index is 10.6. The first-order chi connectivity index (χ1) is 11.8. The van der Waals surface area contributed by atoms with Gasteiger partial charge in [0, 0.05) is 6.92 Å². The van der Waals surface area contributed by atoms with Gasteiger partial charge < -0.3 is 4.74 Å². The van der Waals surface area contributed by atoms with Crippen molar-refractivity contribution in [3.05, 3.63) is 48.6 Å². The van der Waals surface area contributed by atoms with Crippen molar-refractivity contribution in [2.75, 3.05) is 6.61 Å². The van der Waals surface area contributed by atoms with Gasteiger partial charge >= 0.3 is 5.97 Å². The van der Waals surface area contributed by atoms with E-state index in [1.807, 2.05) is 0 Å². The van der Waals surface area contributed by atoms with Gasteiger partial charge in [-0.15, -0.1) is 0 Å². The Balaban J connectivity index is 3.37. The van der Waals surface area contributed by atoms with E-state index in [1.54, 1.807) is 0 Å². The summed E-state index contributed by atoms with van der Waals surface area (Å²) in [4.78, 5) is 10.6. The van der Waals surface area contributed by atoms with Gasteiger partial charge in [-0.25, -0.2) is 0 Å². The average Bonchev–Trinajstić information content (AvgIpc) is 2.56. The molecule has 0 atom stereocenters. The van der Waals surface area contributed by atoms with Crippen LogP contribution in [0.3, 0.4) is 0 Å². The number of esters is 1. The van der Waals surface area contributed by atoms with Crippen molar-refractivity contribution in [1.29, 1.82) is 0 Å². The van der Waals surface area contributed by atoms with E-state index < -0.39 is 0 Å². The number of rotatable bonds is 15. The number of allylic oxidation sites excluding steroid dienone is 8. The second-order valence-corrected chi connectivity index (χ2v) is 5.92. The number of hydrogen-bond acceptors (Lipinski definition) is 2. The quantitative estimate of drug-likeness (QED) is 0.189. The highest BCUT2D eigenvalue weighted by Crippen LogP contribution is 2.01. The lowest BCUT2D eigenvalue weighted by atomic mass is 10.2. The maximum absolute atomic E-state index is 10.6. The molecule has 0 aromatic carbocycles. The van der Waals surface area contributed by atoms with Crippen LogP contribution in [0.15, 0.2) is 48.6 Å². The molecule has 0 saturated carbocycles. The maximum Gasteiger partial charge on any atom is 0.302 e. The first-order valence-corrected chi connectivity index (χ1v) is 9.50. The molecule has 0 saturated heterocycles. The normalized spacial score (nSPS) is 12.2. The third-order valence-corrected chi connectivity index (χ3v) is 3.53. The Morgan fingerprint density at radius 3 is 1.62 bits per heavy atom. The fraction of sp³-hybridized carbons (Fsp3) is 0.591. The van der Waals surface area contributed by atoms with Crippen molar-refractivity contribution in [3.63, 3.8) is 0 Å². The number of unbranched alkanes of at least 4 members (excludes halogenated alkanes) is 5. The molecule has 2 nitrogen and oxygen atoms in total. The van der Waals surface area contributed by atoms with Gasteiger partial charge in [-0.2, -0.15) is 0 Å². The Hall–Kier alpha value is -1.57. The zero-order valence-electron chi connectivity index (χ0n) is 15.7. The summed E-state index contributed by atoms with van der Waals surface area (Å²) in [6.45, 7) is 4.24. The lowest BCUT2D eigenvalue weighted by molar-refractivity contribution is -0.141. The van der Waals surface area contributed by atoms with Crippen LogP contribution in [0, 0.1) is 0 Å². The fourth-order valence-corrected chi connectivity index (χ4v) is 2.14. The molecule has 0 aliphatic carbocycles. The molecular formula is C22H36O2. The number of carbonyl (C=O) groups excluding carboxylic acids is 1. The van der Waals surface area contributed by atoms with Gasteiger partial charge in [0.2, 0.25) is 0 Å². The summed E-state index contributed by atoms with van der Waals surface area (Å²) in [5.41, 5.74) is 0. The molecule has 2 heteroatoms.